The van der Waals surface area contributed by atoms with Gasteiger partial charge in [0.05, 0.1) is 0 Å². The minimum absolute atomic E-state index is 0.111. The monoisotopic (exact) mass is 186 g/mol. The van der Waals surface area contributed by atoms with Crippen molar-refractivity contribution in [3.8, 4) is 0 Å². The van der Waals surface area contributed by atoms with E-state index < -0.39 is 11.9 Å². The molecule has 1 atom stereocenters. The number of carboxylic acids is 1. The van der Waals surface area contributed by atoms with Crippen molar-refractivity contribution in [2.75, 3.05) is 13.2 Å². The Balaban J connectivity index is 2.50. The molecule has 0 aromatic heterocycles. The lowest BCUT2D eigenvalue weighted by molar-refractivity contribution is -0.147. The minimum atomic E-state index is -1.03. The molecule has 1 aliphatic rings. The van der Waals surface area contributed by atoms with E-state index in [2.05, 4.69) is 0 Å². The Morgan fingerprint density at radius 3 is 2.38 bits per heavy atom. The molecule has 4 heteroatoms. The van der Waals surface area contributed by atoms with Crippen molar-refractivity contribution in [2.24, 2.45) is 11.8 Å². The lowest BCUT2D eigenvalue weighted by Gasteiger charge is -2.22. The highest BCUT2D eigenvalue weighted by molar-refractivity contribution is 5.98. The number of carbonyl (C=O) groups excluding carboxylic acids is 1. The van der Waals surface area contributed by atoms with Crippen molar-refractivity contribution in [1.29, 1.82) is 0 Å². The fraction of sp³-hybridized carbons (Fsp3) is 0.778. The third kappa shape index (κ3) is 2.52. The molecule has 0 bridgehead atoms. The van der Waals surface area contributed by atoms with Crippen LogP contribution < -0.4 is 0 Å². The fourth-order valence-corrected chi connectivity index (χ4v) is 1.46. The maximum absolute atomic E-state index is 11.5. The van der Waals surface area contributed by atoms with Crippen LogP contribution in [0.25, 0.3) is 0 Å². The van der Waals surface area contributed by atoms with Gasteiger partial charge in [0.2, 0.25) is 0 Å². The number of rotatable bonds is 3. The molecule has 74 valence electrons. The van der Waals surface area contributed by atoms with E-state index >= 15 is 0 Å². The van der Waals surface area contributed by atoms with Crippen LogP contribution in [0.5, 0.6) is 0 Å². The lowest BCUT2D eigenvalue weighted by atomic mass is 9.88. The molecule has 1 saturated heterocycles. The number of Topliss-reactive ketones (excluding diaryl/α,β-unsaturated/α-hetero) is 1. The van der Waals surface area contributed by atoms with Crippen LogP contribution in [0.2, 0.25) is 0 Å². The van der Waals surface area contributed by atoms with Crippen LogP contribution in [-0.4, -0.2) is 30.1 Å². The highest BCUT2D eigenvalue weighted by atomic mass is 16.5. The Morgan fingerprint density at radius 2 is 1.92 bits per heavy atom. The van der Waals surface area contributed by atoms with E-state index in [9.17, 15) is 9.59 Å². The molecule has 1 aliphatic heterocycles. The highest BCUT2D eigenvalue weighted by Crippen LogP contribution is 2.19. The highest BCUT2D eigenvalue weighted by Gasteiger charge is 2.29. The van der Waals surface area contributed by atoms with Gasteiger partial charge in [-0.05, 0) is 19.8 Å². The predicted molar refractivity (Wildman–Crippen MR) is 45.3 cm³/mol. The number of carboxylic acid groups (broad SMARTS) is 1. The van der Waals surface area contributed by atoms with Crippen molar-refractivity contribution in [3.05, 3.63) is 0 Å². The third-order valence-corrected chi connectivity index (χ3v) is 2.42. The molecule has 1 rings (SSSR count). The SMILES string of the molecule is CC(C(=O)O)C(=O)C1CCOCC1. The standard InChI is InChI=1S/C9H14O4/c1-6(9(11)12)8(10)7-2-4-13-5-3-7/h6-7H,2-5H2,1H3,(H,11,12). The van der Waals surface area contributed by atoms with Crippen molar-refractivity contribution in [1.82, 2.24) is 0 Å². The quantitative estimate of drug-likeness (QED) is 0.659. The average molecular weight is 186 g/mol. The zero-order valence-electron chi connectivity index (χ0n) is 7.66. The summed E-state index contributed by atoms with van der Waals surface area (Å²) in [7, 11) is 0. The van der Waals surface area contributed by atoms with Crippen LogP contribution in [0.3, 0.4) is 0 Å². The molecule has 1 N–H and O–H groups in total. The molecular formula is C9H14O4. The second-order valence-corrected chi connectivity index (χ2v) is 3.35. The van der Waals surface area contributed by atoms with Gasteiger partial charge in [0.1, 0.15) is 11.7 Å². The van der Waals surface area contributed by atoms with Gasteiger partial charge in [0.15, 0.2) is 0 Å². The van der Waals surface area contributed by atoms with E-state index in [0.717, 1.165) is 0 Å². The molecular weight excluding hydrogens is 172 g/mol. The van der Waals surface area contributed by atoms with Crippen molar-refractivity contribution >= 4 is 11.8 Å². The maximum atomic E-state index is 11.5. The number of ether oxygens (including phenoxy) is 1. The van der Waals surface area contributed by atoms with Crippen LogP contribution >= 0.6 is 0 Å². The lowest BCUT2D eigenvalue weighted by Crippen LogP contribution is -2.31. The number of hydrogen-bond acceptors (Lipinski definition) is 3. The summed E-state index contributed by atoms with van der Waals surface area (Å²) in [4.78, 5) is 22.0. The first kappa shape index (κ1) is 10.2. The van der Waals surface area contributed by atoms with Gasteiger partial charge in [-0.2, -0.15) is 0 Å². The molecule has 13 heavy (non-hydrogen) atoms. The second-order valence-electron chi connectivity index (χ2n) is 3.35. The van der Waals surface area contributed by atoms with Gasteiger partial charge in [0, 0.05) is 19.1 Å². The Labute approximate surface area is 76.9 Å². The van der Waals surface area contributed by atoms with Gasteiger partial charge < -0.3 is 9.84 Å². The van der Waals surface area contributed by atoms with Crippen molar-refractivity contribution in [3.63, 3.8) is 0 Å². The van der Waals surface area contributed by atoms with E-state index in [1.54, 1.807) is 0 Å². The number of carbonyl (C=O) groups is 2. The number of aliphatic carboxylic acids is 1. The van der Waals surface area contributed by atoms with Gasteiger partial charge in [-0.3, -0.25) is 9.59 Å². The fourth-order valence-electron chi connectivity index (χ4n) is 1.46. The van der Waals surface area contributed by atoms with Crippen LogP contribution in [0, 0.1) is 11.8 Å². The Bertz CT molecular complexity index is 206. The van der Waals surface area contributed by atoms with E-state index in [1.807, 2.05) is 0 Å². The first-order chi connectivity index (χ1) is 6.13. The summed E-state index contributed by atoms with van der Waals surface area (Å²) in [6.45, 7) is 2.59. The Morgan fingerprint density at radius 1 is 1.38 bits per heavy atom. The van der Waals surface area contributed by atoms with E-state index in [-0.39, 0.29) is 11.7 Å². The van der Waals surface area contributed by atoms with Gasteiger partial charge in [-0.1, -0.05) is 0 Å². The summed E-state index contributed by atoms with van der Waals surface area (Å²) < 4.78 is 5.09. The average Bonchev–Trinajstić information content (AvgIpc) is 2.17. The molecule has 0 spiro atoms. The largest absolute Gasteiger partial charge is 0.481 e. The molecule has 1 unspecified atom stereocenters. The summed E-state index contributed by atoms with van der Waals surface area (Å²) in [6, 6.07) is 0. The zero-order chi connectivity index (χ0) is 9.84. The summed E-state index contributed by atoms with van der Waals surface area (Å²) in [5.74, 6) is -2.17. The number of ketones is 1. The first-order valence-corrected chi connectivity index (χ1v) is 4.47. The normalized spacial score (nSPS) is 21.0. The Hall–Kier alpha value is -0.900. The Kier molecular flexibility index (Phi) is 3.42. The molecule has 0 aliphatic carbocycles. The minimum Gasteiger partial charge on any atom is -0.481 e. The predicted octanol–water partition coefficient (Wildman–Crippen LogP) is 0.703. The van der Waals surface area contributed by atoms with Crippen LogP contribution in [0.15, 0.2) is 0 Å². The smallest absolute Gasteiger partial charge is 0.313 e. The van der Waals surface area contributed by atoms with Crippen LogP contribution in [0.1, 0.15) is 19.8 Å². The summed E-state index contributed by atoms with van der Waals surface area (Å²) in [6.07, 6.45) is 1.33. The van der Waals surface area contributed by atoms with Crippen molar-refractivity contribution in [2.45, 2.75) is 19.8 Å². The van der Waals surface area contributed by atoms with Crippen molar-refractivity contribution < 1.29 is 19.4 Å². The molecule has 4 nitrogen and oxygen atoms in total. The zero-order valence-corrected chi connectivity index (χ0v) is 7.66. The molecule has 0 radical (unpaired) electrons. The van der Waals surface area contributed by atoms with Gasteiger partial charge in [-0.15, -0.1) is 0 Å². The van der Waals surface area contributed by atoms with Gasteiger partial charge >= 0.3 is 5.97 Å². The topological polar surface area (TPSA) is 63.6 Å². The maximum Gasteiger partial charge on any atom is 0.313 e. The number of hydrogen-bond donors (Lipinski definition) is 1. The third-order valence-electron chi connectivity index (χ3n) is 2.42. The summed E-state index contributed by atoms with van der Waals surface area (Å²) in [5.41, 5.74) is 0. The molecule has 0 amide bonds. The van der Waals surface area contributed by atoms with E-state index in [0.29, 0.717) is 26.1 Å². The van der Waals surface area contributed by atoms with E-state index in [1.165, 1.54) is 6.92 Å². The molecule has 0 aromatic rings. The molecule has 0 saturated carbocycles. The van der Waals surface area contributed by atoms with Gasteiger partial charge in [0.25, 0.3) is 0 Å². The summed E-state index contributed by atoms with van der Waals surface area (Å²) in [5, 5.41) is 8.63. The molecule has 0 aromatic carbocycles. The first-order valence-electron chi connectivity index (χ1n) is 4.47. The molecule has 1 heterocycles. The molecule has 1 fully saturated rings. The second kappa shape index (κ2) is 4.37. The summed E-state index contributed by atoms with van der Waals surface area (Å²) >= 11 is 0. The van der Waals surface area contributed by atoms with Gasteiger partial charge in [-0.25, -0.2) is 0 Å². The van der Waals surface area contributed by atoms with Crippen LogP contribution in [0.4, 0.5) is 0 Å². The van der Waals surface area contributed by atoms with E-state index in [4.69, 9.17) is 9.84 Å². The van der Waals surface area contributed by atoms with Crippen LogP contribution in [-0.2, 0) is 14.3 Å².